The van der Waals surface area contributed by atoms with Gasteiger partial charge in [-0.1, -0.05) is 6.42 Å². The van der Waals surface area contributed by atoms with Gasteiger partial charge in [0.1, 0.15) is 6.61 Å². The van der Waals surface area contributed by atoms with E-state index in [1.54, 1.807) is 0 Å². The number of rotatable bonds is 4. The van der Waals surface area contributed by atoms with Crippen LogP contribution in [0.1, 0.15) is 64.2 Å². The lowest BCUT2D eigenvalue weighted by atomic mass is 9.49. The van der Waals surface area contributed by atoms with Crippen LogP contribution in [-0.4, -0.2) is 23.5 Å². The zero-order valence-electron chi connectivity index (χ0n) is 13.7. The first kappa shape index (κ1) is 15.4. The van der Waals surface area contributed by atoms with E-state index in [0.717, 1.165) is 56.3 Å². The van der Waals surface area contributed by atoms with Crippen molar-refractivity contribution in [2.24, 2.45) is 29.1 Å². The van der Waals surface area contributed by atoms with Gasteiger partial charge in [-0.05, 0) is 69.1 Å². The van der Waals surface area contributed by atoms with E-state index in [-0.39, 0.29) is 28.8 Å². The largest absolute Gasteiger partial charge is 0.465 e. The Labute approximate surface area is 137 Å². The maximum atomic E-state index is 12.8. The van der Waals surface area contributed by atoms with Gasteiger partial charge < -0.3 is 4.74 Å². The van der Waals surface area contributed by atoms with E-state index in [2.05, 4.69) is 0 Å². The molecule has 0 amide bonds. The first-order valence-electron chi connectivity index (χ1n) is 9.36. The lowest BCUT2D eigenvalue weighted by Crippen LogP contribution is -2.51. The van der Waals surface area contributed by atoms with Crippen molar-refractivity contribution in [3.8, 4) is 0 Å². The molecule has 0 aromatic heterocycles. The highest BCUT2D eigenvalue weighted by Crippen LogP contribution is 2.60. The minimum Gasteiger partial charge on any atom is -0.465 e. The van der Waals surface area contributed by atoms with Crippen LogP contribution < -0.4 is 0 Å². The topological polar surface area (TPSA) is 69.4 Å². The van der Waals surface area contributed by atoms with Gasteiger partial charge in [-0.2, -0.15) is 0 Å². The first-order valence-corrected chi connectivity index (χ1v) is 9.36. The number of esters is 1. The molecule has 2 atom stereocenters. The fourth-order valence-corrected chi connectivity index (χ4v) is 6.36. The van der Waals surface area contributed by atoms with Gasteiger partial charge in [0.15, 0.2) is 0 Å². The number of carbonyl (C=O) groups is 1. The SMILES string of the molecule is O=C(OCC1CCCCC1[N+](=O)[O-])C12CC3CC(CC(C3)C1)C2. The fourth-order valence-electron chi connectivity index (χ4n) is 6.36. The number of nitrogens with zero attached hydrogens (tertiary/aromatic N) is 1. The molecule has 23 heavy (non-hydrogen) atoms. The highest BCUT2D eigenvalue weighted by Gasteiger charge is 2.55. The summed E-state index contributed by atoms with van der Waals surface area (Å²) >= 11 is 0. The normalized spacial score (nSPS) is 45.0. The highest BCUT2D eigenvalue weighted by atomic mass is 16.6. The van der Waals surface area contributed by atoms with Crippen LogP contribution in [0.2, 0.25) is 0 Å². The van der Waals surface area contributed by atoms with Crippen LogP contribution in [0.4, 0.5) is 0 Å². The van der Waals surface area contributed by atoms with Gasteiger partial charge in [-0.3, -0.25) is 14.9 Å². The Balaban J connectivity index is 1.39. The maximum Gasteiger partial charge on any atom is 0.312 e. The van der Waals surface area contributed by atoms with Crippen LogP contribution in [0.15, 0.2) is 0 Å². The van der Waals surface area contributed by atoms with Crippen molar-refractivity contribution in [1.29, 1.82) is 0 Å². The Kier molecular flexibility index (Phi) is 3.85. The average Bonchev–Trinajstić information content (AvgIpc) is 2.51. The molecule has 0 aromatic rings. The van der Waals surface area contributed by atoms with E-state index in [4.69, 9.17) is 4.74 Å². The predicted molar refractivity (Wildman–Crippen MR) is 84.3 cm³/mol. The van der Waals surface area contributed by atoms with Crippen molar-refractivity contribution in [3.05, 3.63) is 10.1 Å². The standard InChI is InChI=1S/C18H27NO4/c20-17(23-11-15-3-1-2-4-16(15)19(21)22)18-8-12-5-13(9-18)7-14(6-12)10-18/h12-16H,1-11H2. The zero-order valence-corrected chi connectivity index (χ0v) is 13.7. The van der Waals surface area contributed by atoms with Crippen molar-refractivity contribution in [2.75, 3.05) is 6.61 Å². The first-order chi connectivity index (χ1) is 11.1. The summed E-state index contributed by atoms with van der Waals surface area (Å²) in [4.78, 5) is 23.9. The molecule has 4 bridgehead atoms. The van der Waals surface area contributed by atoms with Crippen molar-refractivity contribution >= 4 is 5.97 Å². The van der Waals surface area contributed by atoms with Crippen LogP contribution in [0, 0.1) is 39.2 Å². The monoisotopic (exact) mass is 321 g/mol. The molecule has 5 heteroatoms. The summed E-state index contributed by atoms with van der Waals surface area (Å²) in [5.74, 6) is 2.03. The third-order valence-electron chi connectivity index (χ3n) is 7.04. The van der Waals surface area contributed by atoms with Crippen LogP contribution in [0.25, 0.3) is 0 Å². The molecular weight excluding hydrogens is 294 g/mol. The van der Waals surface area contributed by atoms with Crippen molar-refractivity contribution in [2.45, 2.75) is 70.3 Å². The second kappa shape index (κ2) is 5.75. The molecule has 128 valence electrons. The zero-order chi connectivity index (χ0) is 16.0. The lowest BCUT2D eigenvalue weighted by Gasteiger charge is -2.55. The van der Waals surface area contributed by atoms with Crippen LogP contribution in [-0.2, 0) is 9.53 Å². The third kappa shape index (κ3) is 2.76. The molecule has 0 N–H and O–H groups in total. The average molecular weight is 321 g/mol. The molecular formula is C18H27NO4. The number of carbonyl (C=O) groups excluding carboxylic acids is 1. The molecule has 5 aliphatic carbocycles. The Hall–Kier alpha value is -1.13. The molecule has 5 saturated carbocycles. The molecule has 5 fully saturated rings. The molecule has 0 spiro atoms. The van der Waals surface area contributed by atoms with Crippen LogP contribution >= 0.6 is 0 Å². The van der Waals surface area contributed by atoms with E-state index in [1.807, 2.05) is 0 Å². The Morgan fingerprint density at radius 2 is 1.61 bits per heavy atom. The Morgan fingerprint density at radius 1 is 1.04 bits per heavy atom. The summed E-state index contributed by atoms with van der Waals surface area (Å²) < 4.78 is 5.70. The molecule has 0 aliphatic heterocycles. The minimum absolute atomic E-state index is 0.0377. The molecule has 5 rings (SSSR count). The van der Waals surface area contributed by atoms with Crippen LogP contribution in [0.3, 0.4) is 0 Å². The van der Waals surface area contributed by atoms with Gasteiger partial charge in [0.05, 0.1) is 11.3 Å². The molecule has 0 saturated heterocycles. The summed E-state index contributed by atoms with van der Waals surface area (Å²) in [6.45, 7) is 0.256. The fraction of sp³-hybridized carbons (Fsp3) is 0.944. The Bertz CT molecular complexity index is 468. The number of nitro groups is 1. The van der Waals surface area contributed by atoms with Crippen LogP contribution in [0.5, 0.6) is 0 Å². The van der Waals surface area contributed by atoms with Gasteiger partial charge in [0, 0.05) is 11.3 Å². The van der Waals surface area contributed by atoms with Gasteiger partial charge in [0.2, 0.25) is 6.04 Å². The van der Waals surface area contributed by atoms with Gasteiger partial charge in [0.25, 0.3) is 0 Å². The third-order valence-corrected chi connectivity index (χ3v) is 7.04. The Morgan fingerprint density at radius 3 is 2.17 bits per heavy atom. The van der Waals surface area contributed by atoms with Gasteiger partial charge in [-0.25, -0.2) is 0 Å². The number of ether oxygens (including phenoxy) is 1. The summed E-state index contributed by atoms with van der Waals surface area (Å²) in [7, 11) is 0. The summed E-state index contributed by atoms with van der Waals surface area (Å²) in [5, 5.41) is 11.2. The molecule has 0 aromatic carbocycles. The quantitative estimate of drug-likeness (QED) is 0.451. The summed E-state index contributed by atoms with van der Waals surface area (Å²) in [6.07, 6.45) is 10.3. The van der Waals surface area contributed by atoms with Crippen molar-refractivity contribution in [1.82, 2.24) is 0 Å². The van der Waals surface area contributed by atoms with E-state index in [9.17, 15) is 14.9 Å². The number of hydrogen-bond acceptors (Lipinski definition) is 4. The van der Waals surface area contributed by atoms with Crippen molar-refractivity contribution in [3.63, 3.8) is 0 Å². The predicted octanol–water partition coefficient (Wildman–Crippen LogP) is 3.58. The van der Waals surface area contributed by atoms with Gasteiger partial charge >= 0.3 is 5.97 Å². The van der Waals surface area contributed by atoms with E-state index in [1.165, 1.54) is 19.3 Å². The molecule has 0 radical (unpaired) electrons. The van der Waals surface area contributed by atoms with E-state index in [0.29, 0.717) is 6.42 Å². The summed E-state index contributed by atoms with van der Waals surface area (Å²) in [6, 6.07) is -0.520. The second-order valence-corrected chi connectivity index (χ2v) is 8.69. The van der Waals surface area contributed by atoms with E-state index >= 15 is 0 Å². The molecule has 2 unspecified atom stereocenters. The molecule has 5 nitrogen and oxygen atoms in total. The summed E-state index contributed by atoms with van der Waals surface area (Å²) in [5.41, 5.74) is -0.243. The van der Waals surface area contributed by atoms with Gasteiger partial charge in [-0.15, -0.1) is 0 Å². The highest BCUT2D eigenvalue weighted by molar-refractivity contribution is 5.77. The maximum absolute atomic E-state index is 12.8. The van der Waals surface area contributed by atoms with E-state index < -0.39 is 6.04 Å². The van der Waals surface area contributed by atoms with Crippen molar-refractivity contribution < 1.29 is 14.5 Å². The number of hydrogen-bond donors (Lipinski definition) is 0. The lowest BCUT2D eigenvalue weighted by molar-refractivity contribution is -0.536. The molecule has 5 aliphatic rings. The molecule has 0 heterocycles. The minimum atomic E-state index is -0.520. The second-order valence-electron chi connectivity index (χ2n) is 8.69. The smallest absolute Gasteiger partial charge is 0.312 e.